The van der Waals surface area contributed by atoms with Crippen LogP contribution in [0.2, 0.25) is 0 Å². The van der Waals surface area contributed by atoms with Crippen LogP contribution in [0.25, 0.3) is 0 Å². The lowest BCUT2D eigenvalue weighted by molar-refractivity contribution is -0.134. The minimum atomic E-state index is -3.83. The van der Waals surface area contributed by atoms with Gasteiger partial charge in [0.2, 0.25) is 15.9 Å². The van der Waals surface area contributed by atoms with E-state index in [0.717, 1.165) is 20.3 Å². The first-order valence-corrected chi connectivity index (χ1v) is 11.7. The molecule has 1 aliphatic heterocycles. The molecule has 0 radical (unpaired) electrons. The van der Waals surface area contributed by atoms with Crippen LogP contribution >= 0.6 is 0 Å². The van der Waals surface area contributed by atoms with Crippen LogP contribution in [0.4, 0.5) is 10.5 Å². The molecule has 0 aromatic heterocycles. The van der Waals surface area contributed by atoms with E-state index in [4.69, 9.17) is 4.74 Å². The molecule has 2 aromatic carbocycles. The number of rotatable bonds is 6. The molecule has 0 saturated carbocycles. The van der Waals surface area contributed by atoms with E-state index in [1.54, 1.807) is 0 Å². The summed E-state index contributed by atoms with van der Waals surface area (Å²) in [6, 6.07) is 10.9. The Kier molecular flexibility index (Phi) is 5.62. The van der Waals surface area contributed by atoms with Crippen molar-refractivity contribution in [2.45, 2.75) is 23.3 Å². The number of sulfonamides is 1. The summed E-state index contributed by atoms with van der Waals surface area (Å²) in [6.45, 7) is -0.504. The summed E-state index contributed by atoms with van der Waals surface area (Å²) in [7, 11) is 0.278. The number of aryl methyl sites for hydroxylation is 1. The first-order valence-electron chi connectivity index (χ1n) is 10.2. The summed E-state index contributed by atoms with van der Waals surface area (Å²) in [5, 5.41) is 5.33. The number of urea groups is 1. The van der Waals surface area contributed by atoms with Gasteiger partial charge in [-0.1, -0.05) is 24.3 Å². The number of fused-ring (bicyclic) bond motifs is 2. The molecule has 1 fully saturated rings. The molecule has 2 aromatic rings. The molecule has 4 rings (SSSR count). The highest BCUT2D eigenvalue weighted by atomic mass is 32.2. The molecule has 1 aliphatic carbocycles. The molecular weight excluding hydrogens is 448 g/mol. The summed E-state index contributed by atoms with van der Waals surface area (Å²) < 4.78 is 31.3. The van der Waals surface area contributed by atoms with Crippen molar-refractivity contribution in [1.29, 1.82) is 0 Å². The Hall–Kier alpha value is -3.44. The average Bonchev–Trinajstić information content (AvgIpc) is 3.26. The number of anilines is 1. The number of methoxy groups -OCH3 is 1. The van der Waals surface area contributed by atoms with Crippen LogP contribution in [0, 0.1) is 0 Å². The summed E-state index contributed by atoms with van der Waals surface area (Å²) in [6.07, 6.45) is 1.08. The van der Waals surface area contributed by atoms with Crippen molar-refractivity contribution in [3.05, 3.63) is 53.6 Å². The van der Waals surface area contributed by atoms with Crippen LogP contribution in [-0.4, -0.2) is 63.2 Å². The first-order chi connectivity index (χ1) is 15.6. The van der Waals surface area contributed by atoms with Gasteiger partial charge in [-0.15, -0.1) is 0 Å². The molecule has 1 atom stereocenters. The van der Waals surface area contributed by atoms with E-state index in [1.165, 1.54) is 39.4 Å². The van der Waals surface area contributed by atoms with Crippen molar-refractivity contribution < 1.29 is 27.5 Å². The van der Waals surface area contributed by atoms with Crippen molar-refractivity contribution in [3.8, 4) is 5.75 Å². The van der Waals surface area contributed by atoms with E-state index >= 15 is 0 Å². The third-order valence-electron chi connectivity index (χ3n) is 5.93. The fourth-order valence-electron chi connectivity index (χ4n) is 4.23. The molecule has 0 bridgehead atoms. The molecule has 11 heteroatoms. The highest BCUT2D eigenvalue weighted by Crippen LogP contribution is 2.41. The maximum absolute atomic E-state index is 13.2. The van der Waals surface area contributed by atoms with Gasteiger partial charge in [-0.2, -0.15) is 0 Å². The zero-order chi connectivity index (χ0) is 24.0. The van der Waals surface area contributed by atoms with E-state index in [0.29, 0.717) is 12.8 Å². The smallest absolute Gasteiger partial charge is 0.325 e. The van der Waals surface area contributed by atoms with E-state index in [2.05, 4.69) is 10.6 Å². The van der Waals surface area contributed by atoms with Crippen molar-refractivity contribution in [2.75, 3.05) is 33.1 Å². The second-order valence-electron chi connectivity index (χ2n) is 8.09. The van der Waals surface area contributed by atoms with Gasteiger partial charge in [-0.05, 0) is 42.2 Å². The zero-order valence-corrected chi connectivity index (χ0v) is 19.2. The molecule has 1 heterocycles. The minimum absolute atomic E-state index is 0.121. The Morgan fingerprint density at radius 2 is 1.94 bits per heavy atom. The van der Waals surface area contributed by atoms with E-state index in [9.17, 15) is 22.8 Å². The number of hydrogen-bond donors (Lipinski definition) is 2. The number of nitrogens with one attached hydrogen (secondary N) is 2. The lowest BCUT2D eigenvalue weighted by atomic mass is 9.92. The Morgan fingerprint density at radius 1 is 1.21 bits per heavy atom. The van der Waals surface area contributed by atoms with Gasteiger partial charge in [0, 0.05) is 19.8 Å². The molecule has 2 N–H and O–H groups in total. The molecule has 10 nitrogen and oxygen atoms in total. The maximum Gasteiger partial charge on any atom is 0.325 e. The number of imide groups is 1. The average molecular weight is 473 g/mol. The first kappa shape index (κ1) is 22.7. The topological polar surface area (TPSA) is 125 Å². The van der Waals surface area contributed by atoms with Crippen LogP contribution < -0.4 is 15.4 Å². The molecule has 1 unspecified atom stereocenters. The zero-order valence-electron chi connectivity index (χ0n) is 18.4. The maximum atomic E-state index is 13.2. The van der Waals surface area contributed by atoms with Crippen LogP contribution in [0.5, 0.6) is 5.75 Å². The van der Waals surface area contributed by atoms with Crippen molar-refractivity contribution in [1.82, 2.24) is 14.5 Å². The quantitative estimate of drug-likeness (QED) is 0.610. The fraction of sp³-hybridized carbons (Fsp3) is 0.318. The third-order valence-corrected chi connectivity index (χ3v) is 7.77. The van der Waals surface area contributed by atoms with Gasteiger partial charge in [-0.3, -0.25) is 14.5 Å². The molecular formula is C22H24N4O6S. The number of carbonyl (C=O) groups excluding carboxylic acids is 3. The summed E-state index contributed by atoms with van der Waals surface area (Å²) in [4.78, 5) is 39.2. The summed E-state index contributed by atoms with van der Waals surface area (Å²) in [5.74, 6) is -0.990. The predicted molar refractivity (Wildman–Crippen MR) is 119 cm³/mol. The van der Waals surface area contributed by atoms with Crippen LogP contribution in [0.3, 0.4) is 0 Å². The second-order valence-corrected chi connectivity index (χ2v) is 10.2. The van der Waals surface area contributed by atoms with Gasteiger partial charge in [0.1, 0.15) is 22.7 Å². The number of benzene rings is 2. The lowest BCUT2D eigenvalue weighted by Crippen LogP contribution is -2.43. The standard InChI is InChI=1S/C22H24N4O6S/c1-25(2)33(30,31)18-12-15(8-9-17(18)32-3)23-19(27)13-26-20(28)22(24-21(26)29)11-10-14-6-4-5-7-16(14)22/h4-9,12H,10-11,13H2,1-3H3,(H,23,27)(H,24,29). The molecule has 2 aliphatic rings. The Balaban J connectivity index is 1.53. The molecule has 33 heavy (non-hydrogen) atoms. The van der Waals surface area contributed by atoms with Crippen LogP contribution in [0.15, 0.2) is 47.4 Å². The third kappa shape index (κ3) is 3.72. The van der Waals surface area contributed by atoms with Crippen LogP contribution in [0.1, 0.15) is 17.5 Å². The van der Waals surface area contributed by atoms with Gasteiger partial charge in [0.25, 0.3) is 5.91 Å². The van der Waals surface area contributed by atoms with Gasteiger partial charge in [-0.25, -0.2) is 17.5 Å². The number of ether oxygens (including phenoxy) is 1. The van der Waals surface area contributed by atoms with E-state index in [-0.39, 0.29) is 16.3 Å². The molecule has 174 valence electrons. The van der Waals surface area contributed by atoms with E-state index < -0.39 is 40.0 Å². The number of amides is 4. The summed E-state index contributed by atoms with van der Waals surface area (Å²) >= 11 is 0. The largest absolute Gasteiger partial charge is 0.495 e. The molecule has 1 saturated heterocycles. The number of carbonyl (C=O) groups is 3. The minimum Gasteiger partial charge on any atom is -0.495 e. The Morgan fingerprint density at radius 3 is 2.64 bits per heavy atom. The Labute approximate surface area is 191 Å². The predicted octanol–water partition coefficient (Wildman–Crippen LogP) is 1.28. The molecule has 1 spiro atoms. The van der Waals surface area contributed by atoms with Gasteiger partial charge >= 0.3 is 6.03 Å². The van der Waals surface area contributed by atoms with Crippen molar-refractivity contribution >= 4 is 33.6 Å². The van der Waals surface area contributed by atoms with Crippen molar-refractivity contribution in [2.24, 2.45) is 0 Å². The van der Waals surface area contributed by atoms with Gasteiger partial charge in [0.05, 0.1) is 7.11 Å². The highest BCUT2D eigenvalue weighted by molar-refractivity contribution is 7.89. The monoisotopic (exact) mass is 472 g/mol. The van der Waals surface area contributed by atoms with E-state index in [1.807, 2.05) is 24.3 Å². The van der Waals surface area contributed by atoms with Gasteiger partial charge in [0.15, 0.2) is 0 Å². The second kappa shape index (κ2) is 8.16. The molecule has 4 amide bonds. The normalized spacial score (nSPS) is 19.7. The SMILES string of the molecule is COc1ccc(NC(=O)CN2C(=O)NC3(CCc4ccccc43)C2=O)cc1S(=O)(=O)N(C)C. The number of nitrogens with zero attached hydrogens (tertiary/aromatic N) is 2. The van der Waals surface area contributed by atoms with Gasteiger partial charge < -0.3 is 15.4 Å². The number of hydrogen-bond acceptors (Lipinski definition) is 6. The summed E-state index contributed by atoms with van der Waals surface area (Å²) in [5.41, 5.74) is 0.778. The Bertz CT molecular complexity index is 1260. The highest BCUT2D eigenvalue weighted by Gasteiger charge is 2.55. The fourth-order valence-corrected chi connectivity index (χ4v) is 5.30. The lowest BCUT2D eigenvalue weighted by Gasteiger charge is -2.22. The van der Waals surface area contributed by atoms with Crippen LogP contribution in [-0.2, 0) is 31.6 Å². The van der Waals surface area contributed by atoms with Crippen molar-refractivity contribution in [3.63, 3.8) is 0 Å².